The largest absolute Gasteiger partial charge is 0.393 e. The van der Waals surface area contributed by atoms with Gasteiger partial charge in [-0.15, -0.1) is 0 Å². The fourth-order valence-electron chi connectivity index (χ4n) is 1.37. The highest BCUT2D eigenvalue weighted by Gasteiger charge is 2.29. The second kappa shape index (κ2) is 5.73. The van der Waals surface area contributed by atoms with Gasteiger partial charge in [0.25, 0.3) is 0 Å². The van der Waals surface area contributed by atoms with Crippen LogP contribution in [-0.4, -0.2) is 32.6 Å². The van der Waals surface area contributed by atoms with Crippen LogP contribution < -0.4 is 10.5 Å². The van der Waals surface area contributed by atoms with E-state index in [0.717, 1.165) is 6.07 Å². The minimum atomic E-state index is -4.05. The topological polar surface area (TPSA) is 125 Å². The monoisotopic (exact) mass is 303 g/mol. The van der Waals surface area contributed by atoms with E-state index in [1.807, 2.05) is 0 Å². The summed E-state index contributed by atoms with van der Waals surface area (Å²) in [7, 11) is -2.61. The van der Waals surface area contributed by atoms with E-state index < -0.39 is 31.1 Å². The maximum atomic E-state index is 12.1. The molecule has 0 radical (unpaired) electrons. The Morgan fingerprint density at radius 2 is 2.05 bits per heavy atom. The van der Waals surface area contributed by atoms with Crippen LogP contribution >= 0.6 is 0 Å². The minimum absolute atomic E-state index is 0.0300. The molecular weight excluding hydrogens is 286 g/mol. The fraction of sp³-hybridized carbons (Fsp3) is 0.455. The summed E-state index contributed by atoms with van der Waals surface area (Å²) in [4.78, 5) is 9.68. The van der Waals surface area contributed by atoms with E-state index in [2.05, 4.69) is 4.72 Å². The van der Waals surface area contributed by atoms with Crippen molar-refractivity contribution in [2.24, 2.45) is 0 Å². The molecule has 0 heterocycles. The van der Waals surface area contributed by atoms with E-state index >= 15 is 0 Å². The van der Waals surface area contributed by atoms with Gasteiger partial charge in [-0.1, -0.05) is 6.07 Å². The number of nitrogens with two attached hydrogens (primary N) is 1. The standard InChI is InChI=1S/C11H17N3O5S/c1-11(2,19-3)7-13-20(17,18)9-6-4-5-8(12)10(9)14(15)16/h4-6,13H,7,12H2,1-3H3. The highest BCUT2D eigenvalue weighted by Crippen LogP contribution is 2.29. The minimum Gasteiger partial charge on any atom is -0.393 e. The van der Waals surface area contributed by atoms with Crippen molar-refractivity contribution >= 4 is 21.4 Å². The molecule has 0 aliphatic carbocycles. The van der Waals surface area contributed by atoms with Crippen LogP contribution in [-0.2, 0) is 14.8 Å². The number of hydrogen-bond donors (Lipinski definition) is 2. The van der Waals surface area contributed by atoms with E-state index in [0.29, 0.717) is 0 Å². The zero-order valence-corrected chi connectivity index (χ0v) is 12.2. The molecule has 1 rings (SSSR count). The molecule has 0 saturated heterocycles. The lowest BCUT2D eigenvalue weighted by Crippen LogP contribution is -2.39. The number of nitrogen functional groups attached to an aromatic ring is 1. The Balaban J connectivity index is 3.17. The Hall–Kier alpha value is -1.71. The molecule has 0 aliphatic heterocycles. The van der Waals surface area contributed by atoms with Gasteiger partial charge in [0.1, 0.15) is 5.69 Å². The van der Waals surface area contributed by atoms with Gasteiger partial charge in [-0.25, -0.2) is 13.1 Å². The highest BCUT2D eigenvalue weighted by atomic mass is 32.2. The van der Waals surface area contributed by atoms with E-state index in [1.165, 1.54) is 19.2 Å². The number of nitrogens with one attached hydrogen (secondary N) is 1. The first kappa shape index (κ1) is 16.3. The Kier molecular flexibility index (Phi) is 4.69. The number of hydrogen-bond acceptors (Lipinski definition) is 6. The van der Waals surface area contributed by atoms with Crippen LogP contribution in [0.2, 0.25) is 0 Å². The van der Waals surface area contributed by atoms with Crippen LogP contribution in [0.5, 0.6) is 0 Å². The van der Waals surface area contributed by atoms with Crippen LogP contribution in [0.3, 0.4) is 0 Å². The normalized spacial score (nSPS) is 12.3. The summed E-state index contributed by atoms with van der Waals surface area (Å²) in [5.74, 6) is 0. The number of sulfonamides is 1. The summed E-state index contributed by atoms with van der Waals surface area (Å²) in [5.41, 5.74) is 3.90. The molecule has 20 heavy (non-hydrogen) atoms. The van der Waals surface area contributed by atoms with Gasteiger partial charge in [0.2, 0.25) is 10.0 Å². The smallest absolute Gasteiger partial charge is 0.312 e. The summed E-state index contributed by atoms with van der Waals surface area (Å²) >= 11 is 0. The lowest BCUT2D eigenvalue weighted by molar-refractivity contribution is -0.386. The predicted octanol–water partition coefficient (Wildman–Crippen LogP) is 0.880. The van der Waals surface area contributed by atoms with Crippen LogP contribution in [0, 0.1) is 10.1 Å². The molecule has 0 amide bonds. The molecule has 0 aliphatic rings. The van der Waals surface area contributed by atoms with Crippen LogP contribution in [0.4, 0.5) is 11.4 Å². The van der Waals surface area contributed by atoms with Gasteiger partial charge in [-0.3, -0.25) is 10.1 Å². The first-order valence-corrected chi connectivity index (χ1v) is 7.17. The molecule has 0 saturated carbocycles. The Morgan fingerprint density at radius 1 is 1.45 bits per heavy atom. The molecule has 9 heteroatoms. The molecule has 3 N–H and O–H groups in total. The van der Waals surface area contributed by atoms with Crippen molar-refractivity contribution in [3.8, 4) is 0 Å². The number of nitrogens with zero attached hydrogens (tertiary/aromatic N) is 1. The number of ether oxygens (including phenoxy) is 1. The number of benzene rings is 1. The van der Waals surface area contributed by atoms with Gasteiger partial charge in [-0.2, -0.15) is 0 Å². The molecule has 0 aromatic heterocycles. The van der Waals surface area contributed by atoms with Crippen LogP contribution in [0.25, 0.3) is 0 Å². The van der Waals surface area contributed by atoms with Gasteiger partial charge in [0, 0.05) is 13.7 Å². The van der Waals surface area contributed by atoms with Crippen molar-refractivity contribution < 1.29 is 18.1 Å². The molecule has 112 valence electrons. The van der Waals surface area contributed by atoms with Crippen molar-refractivity contribution in [3.63, 3.8) is 0 Å². The average Bonchev–Trinajstić information content (AvgIpc) is 2.36. The summed E-state index contributed by atoms with van der Waals surface area (Å²) in [6, 6.07) is 3.76. The maximum Gasteiger partial charge on any atom is 0.312 e. The molecular formula is C11H17N3O5S. The third-order valence-electron chi connectivity index (χ3n) is 2.74. The average molecular weight is 303 g/mol. The van der Waals surface area contributed by atoms with Gasteiger partial charge < -0.3 is 10.5 Å². The SMILES string of the molecule is COC(C)(C)CNS(=O)(=O)c1cccc(N)c1[N+](=O)[O-]. The molecule has 1 aromatic rings. The Morgan fingerprint density at radius 3 is 2.55 bits per heavy atom. The zero-order chi connectivity index (χ0) is 15.6. The van der Waals surface area contributed by atoms with Crippen molar-refractivity contribution in [2.45, 2.75) is 24.3 Å². The predicted molar refractivity (Wildman–Crippen MR) is 73.8 cm³/mol. The van der Waals surface area contributed by atoms with Crippen molar-refractivity contribution in [1.29, 1.82) is 0 Å². The number of anilines is 1. The van der Waals surface area contributed by atoms with Gasteiger partial charge in [0.15, 0.2) is 4.90 Å². The summed E-state index contributed by atoms with van der Waals surface area (Å²) in [6.45, 7) is 3.34. The Bertz CT molecular complexity index is 612. The highest BCUT2D eigenvalue weighted by molar-refractivity contribution is 7.89. The van der Waals surface area contributed by atoms with Crippen molar-refractivity contribution in [2.75, 3.05) is 19.4 Å². The summed E-state index contributed by atoms with van der Waals surface area (Å²) < 4.78 is 31.7. The van der Waals surface area contributed by atoms with Crippen LogP contribution in [0.15, 0.2) is 23.1 Å². The van der Waals surface area contributed by atoms with Crippen molar-refractivity contribution in [3.05, 3.63) is 28.3 Å². The van der Waals surface area contributed by atoms with Gasteiger partial charge in [0.05, 0.1) is 10.5 Å². The molecule has 0 bridgehead atoms. The number of methoxy groups -OCH3 is 1. The molecule has 0 spiro atoms. The first-order chi connectivity index (χ1) is 9.10. The number of nitro benzene ring substituents is 1. The van der Waals surface area contributed by atoms with E-state index in [9.17, 15) is 18.5 Å². The third kappa shape index (κ3) is 3.65. The third-order valence-corrected chi connectivity index (χ3v) is 4.18. The lowest BCUT2D eigenvalue weighted by atomic mass is 10.1. The molecule has 8 nitrogen and oxygen atoms in total. The maximum absolute atomic E-state index is 12.1. The van der Waals surface area contributed by atoms with E-state index in [-0.39, 0.29) is 12.2 Å². The van der Waals surface area contributed by atoms with E-state index in [1.54, 1.807) is 13.8 Å². The van der Waals surface area contributed by atoms with Crippen LogP contribution in [0.1, 0.15) is 13.8 Å². The quantitative estimate of drug-likeness (QED) is 0.456. The Labute approximate surface area is 117 Å². The second-order valence-electron chi connectivity index (χ2n) is 4.74. The lowest BCUT2D eigenvalue weighted by Gasteiger charge is -2.23. The van der Waals surface area contributed by atoms with Gasteiger partial charge >= 0.3 is 5.69 Å². The molecule has 0 atom stereocenters. The molecule has 0 unspecified atom stereocenters. The number of nitro groups is 1. The first-order valence-electron chi connectivity index (χ1n) is 5.68. The second-order valence-corrected chi connectivity index (χ2v) is 6.47. The number of rotatable bonds is 6. The van der Waals surface area contributed by atoms with E-state index in [4.69, 9.17) is 10.5 Å². The summed E-state index contributed by atoms with van der Waals surface area (Å²) in [6.07, 6.45) is 0. The number of para-hydroxylation sites is 1. The zero-order valence-electron chi connectivity index (χ0n) is 11.4. The van der Waals surface area contributed by atoms with Gasteiger partial charge in [-0.05, 0) is 26.0 Å². The molecule has 0 fully saturated rings. The van der Waals surface area contributed by atoms with Crippen molar-refractivity contribution in [1.82, 2.24) is 4.72 Å². The molecule has 1 aromatic carbocycles. The summed E-state index contributed by atoms with van der Waals surface area (Å²) in [5, 5.41) is 11.0. The fourth-order valence-corrected chi connectivity index (χ4v) is 2.77.